The predicted octanol–water partition coefficient (Wildman–Crippen LogP) is 4.05. The Hall–Kier alpha value is -1.34. The van der Waals surface area contributed by atoms with Crippen molar-refractivity contribution in [1.82, 2.24) is 14.5 Å². The molecule has 0 bridgehead atoms. The molecule has 26 heavy (non-hydrogen) atoms. The maximum absolute atomic E-state index is 6.35. The lowest BCUT2D eigenvalue weighted by atomic mass is 9.82. The summed E-state index contributed by atoms with van der Waals surface area (Å²) in [5.41, 5.74) is 2.16. The van der Waals surface area contributed by atoms with E-state index < -0.39 is 5.79 Å². The van der Waals surface area contributed by atoms with Gasteiger partial charge in [0.15, 0.2) is 16.6 Å². The highest BCUT2D eigenvalue weighted by molar-refractivity contribution is 6.44. The van der Waals surface area contributed by atoms with Crippen molar-refractivity contribution in [1.29, 1.82) is 0 Å². The van der Waals surface area contributed by atoms with Gasteiger partial charge in [0.2, 0.25) is 0 Å². The number of nitrogens with one attached hydrogen (secondary N) is 1. The molecule has 2 aromatic rings. The van der Waals surface area contributed by atoms with E-state index >= 15 is 0 Å². The van der Waals surface area contributed by atoms with Gasteiger partial charge in [0, 0.05) is 18.4 Å². The Labute approximate surface area is 161 Å². The van der Waals surface area contributed by atoms with E-state index in [0.717, 1.165) is 11.2 Å². The molecule has 8 heteroatoms. The first kappa shape index (κ1) is 16.8. The Bertz CT molecular complexity index is 926. The molecule has 2 aliphatic carbocycles. The van der Waals surface area contributed by atoms with Crippen molar-refractivity contribution in [3.63, 3.8) is 0 Å². The fourth-order valence-corrected chi connectivity index (χ4v) is 4.90. The number of imidazole rings is 1. The summed E-state index contributed by atoms with van der Waals surface area (Å²) in [4.78, 5) is 9.12. The van der Waals surface area contributed by atoms with Gasteiger partial charge < -0.3 is 19.4 Å². The van der Waals surface area contributed by atoms with Gasteiger partial charge in [-0.15, -0.1) is 0 Å². The number of hydrogen-bond acceptors (Lipinski definition) is 5. The normalized spacial score (nSPS) is 34.0. The van der Waals surface area contributed by atoms with Crippen molar-refractivity contribution < 1.29 is 9.47 Å². The molecule has 0 unspecified atom stereocenters. The standard InChI is InChI=1S/C18H20Cl2N4O2/c1-4-21-11-10(19)16(20)23-17-12(11)22-7-24(17)13-8-5-6-9(8)14-15(13)26-18(2,3)25-14/h5-9,13-15H,4H2,1-3H3,(H,21,23)/t8-,9+,13+,14+,15-/m0/s1. The van der Waals surface area contributed by atoms with Crippen LogP contribution >= 0.6 is 23.2 Å². The fourth-order valence-electron chi connectivity index (χ4n) is 4.53. The van der Waals surface area contributed by atoms with Gasteiger partial charge in [0.25, 0.3) is 0 Å². The maximum Gasteiger partial charge on any atom is 0.164 e. The van der Waals surface area contributed by atoms with Crippen LogP contribution in [0.2, 0.25) is 10.2 Å². The van der Waals surface area contributed by atoms with E-state index in [2.05, 4.69) is 32.0 Å². The third-order valence-electron chi connectivity index (χ3n) is 5.56. The average molecular weight is 395 g/mol. The van der Waals surface area contributed by atoms with Gasteiger partial charge in [-0.05, 0) is 20.8 Å². The lowest BCUT2D eigenvalue weighted by Crippen LogP contribution is -2.32. The zero-order chi connectivity index (χ0) is 18.2. The molecule has 0 aromatic carbocycles. The Kier molecular flexibility index (Phi) is 3.61. The highest BCUT2D eigenvalue weighted by atomic mass is 35.5. The van der Waals surface area contributed by atoms with Crippen LogP contribution in [0.5, 0.6) is 0 Å². The number of anilines is 1. The molecule has 5 atom stereocenters. The first-order valence-corrected chi connectivity index (χ1v) is 9.66. The minimum atomic E-state index is -0.582. The molecule has 3 heterocycles. The molecule has 5 rings (SSSR count). The number of fused-ring (bicyclic) bond motifs is 4. The number of hydrogen-bond donors (Lipinski definition) is 1. The third-order valence-corrected chi connectivity index (χ3v) is 6.30. The van der Waals surface area contributed by atoms with Crippen molar-refractivity contribution in [2.24, 2.45) is 11.8 Å². The molecular weight excluding hydrogens is 375 g/mol. The summed E-state index contributed by atoms with van der Waals surface area (Å²) in [5.74, 6) is 0.124. The van der Waals surface area contributed by atoms with Crippen LogP contribution in [0, 0.1) is 11.8 Å². The first-order valence-electron chi connectivity index (χ1n) is 8.90. The first-order chi connectivity index (χ1) is 12.4. The number of aromatic nitrogens is 3. The minimum Gasteiger partial charge on any atom is -0.382 e. The number of ether oxygens (including phenoxy) is 2. The van der Waals surface area contributed by atoms with Gasteiger partial charge in [0.1, 0.15) is 16.6 Å². The van der Waals surface area contributed by atoms with Crippen molar-refractivity contribution in [2.45, 2.75) is 44.8 Å². The number of pyridine rings is 1. The molecule has 1 saturated heterocycles. The largest absolute Gasteiger partial charge is 0.382 e. The number of halogens is 2. The van der Waals surface area contributed by atoms with Crippen LogP contribution in [-0.2, 0) is 9.47 Å². The Morgan fingerprint density at radius 2 is 1.92 bits per heavy atom. The minimum absolute atomic E-state index is 0.0498. The lowest BCUT2D eigenvalue weighted by molar-refractivity contribution is -0.162. The number of rotatable bonds is 3. The van der Waals surface area contributed by atoms with E-state index in [4.69, 9.17) is 32.7 Å². The summed E-state index contributed by atoms with van der Waals surface area (Å²) in [6.07, 6.45) is 6.26. The summed E-state index contributed by atoms with van der Waals surface area (Å²) in [5, 5.41) is 3.93. The second-order valence-corrected chi connectivity index (χ2v) is 8.28. The second kappa shape index (κ2) is 5.58. The van der Waals surface area contributed by atoms with Gasteiger partial charge in [0.05, 0.1) is 24.2 Å². The van der Waals surface area contributed by atoms with Crippen LogP contribution in [0.4, 0.5) is 5.69 Å². The summed E-state index contributed by atoms with van der Waals surface area (Å²) in [6.45, 7) is 6.65. The summed E-state index contributed by atoms with van der Waals surface area (Å²) in [7, 11) is 0. The Morgan fingerprint density at radius 3 is 2.62 bits per heavy atom. The Morgan fingerprint density at radius 1 is 1.19 bits per heavy atom. The quantitative estimate of drug-likeness (QED) is 0.628. The molecule has 0 radical (unpaired) electrons. The molecule has 0 amide bonds. The predicted molar refractivity (Wildman–Crippen MR) is 101 cm³/mol. The third kappa shape index (κ3) is 2.19. The molecule has 2 fully saturated rings. The number of nitrogens with zero attached hydrogens (tertiary/aromatic N) is 3. The van der Waals surface area contributed by atoms with E-state index in [1.807, 2.05) is 27.1 Å². The van der Waals surface area contributed by atoms with E-state index in [0.29, 0.717) is 29.1 Å². The Balaban J connectivity index is 1.65. The molecule has 1 N–H and O–H groups in total. The van der Waals surface area contributed by atoms with E-state index in [1.165, 1.54) is 0 Å². The monoisotopic (exact) mass is 394 g/mol. The molecule has 2 aromatic heterocycles. The number of allylic oxidation sites excluding steroid dienone is 1. The van der Waals surface area contributed by atoms with E-state index in [9.17, 15) is 0 Å². The van der Waals surface area contributed by atoms with Crippen LogP contribution in [0.1, 0.15) is 26.8 Å². The molecule has 6 nitrogen and oxygen atoms in total. The summed E-state index contributed by atoms with van der Waals surface area (Å²) >= 11 is 12.7. The highest BCUT2D eigenvalue weighted by Gasteiger charge is 2.60. The van der Waals surface area contributed by atoms with Gasteiger partial charge in [-0.25, -0.2) is 9.97 Å². The van der Waals surface area contributed by atoms with E-state index in [-0.39, 0.29) is 23.4 Å². The van der Waals surface area contributed by atoms with Gasteiger partial charge in [-0.2, -0.15) is 0 Å². The molecular formula is C18H20Cl2N4O2. The van der Waals surface area contributed by atoms with Gasteiger partial charge in [-0.1, -0.05) is 35.4 Å². The van der Waals surface area contributed by atoms with Gasteiger partial charge >= 0.3 is 0 Å². The second-order valence-electron chi connectivity index (χ2n) is 7.54. The van der Waals surface area contributed by atoms with Crippen molar-refractivity contribution >= 4 is 40.1 Å². The average Bonchev–Trinajstić information content (AvgIpc) is 3.13. The smallest absolute Gasteiger partial charge is 0.164 e. The lowest BCUT2D eigenvalue weighted by Gasteiger charge is -2.32. The van der Waals surface area contributed by atoms with Crippen LogP contribution < -0.4 is 5.32 Å². The summed E-state index contributed by atoms with van der Waals surface area (Å²) in [6, 6.07) is 0.0704. The molecule has 1 aliphatic heterocycles. The zero-order valence-corrected chi connectivity index (χ0v) is 16.3. The molecule has 138 valence electrons. The highest BCUT2D eigenvalue weighted by Crippen LogP contribution is 2.55. The topological polar surface area (TPSA) is 61.2 Å². The van der Waals surface area contributed by atoms with Crippen LogP contribution in [0.25, 0.3) is 11.2 Å². The molecule has 1 saturated carbocycles. The maximum atomic E-state index is 6.35. The van der Waals surface area contributed by atoms with Crippen LogP contribution in [-0.4, -0.2) is 39.1 Å². The van der Waals surface area contributed by atoms with Gasteiger partial charge in [-0.3, -0.25) is 0 Å². The molecule has 3 aliphatic rings. The van der Waals surface area contributed by atoms with E-state index in [1.54, 1.807) is 0 Å². The zero-order valence-electron chi connectivity index (χ0n) is 14.7. The molecule has 0 spiro atoms. The van der Waals surface area contributed by atoms with Crippen molar-refractivity contribution in [3.8, 4) is 0 Å². The van der Waals surface area contributed by atoms with Crippen LogP contribution in [0.3, 0.4) is 0 Å². The SMILES string of the molecule is CCNc1c(Cl)c(Cl)nc2c1ncn2[C@@H]1[C@H]2C=C[C@H]2[C@H]2OC(C)(C)O[C@H]21. The van der Waals surface area contributed by atoms with Crippen molar-refractivity contribution in [2.75, 3.05) is 11.9 Å². The summed E-state index contributed by atoms with van der Waals surface area (Å²) < 4.78 is 14.5. The van der Waals surface area contributed by atoms with Crippen molar-refractivity contribution in [3.05, 3.63) is 28.7 Å². The van der Waals surface area contributed by atoms with Crippen LogP contribution in [0.15, 0.2) is 18.5 Å². The fraction of sp³-hybridized carbons (Fsp3) is 0.556.